The van der Waals surface area contributed by atoms with Crippen LogP contribution in [0.25, 0.3) is 0 Å². The van der Waals surface area contributed by atoms with Gasteiger partial charge < -0.3 is 9.84 Å². The maximum Gasteiger partial charge on any atom is 0.140 e. The fraction of sp³-hybridized carbons (Fsp3) is 0.182. The summed E-state index contributed by atoms with van der Waals surface area (Å²) in [5.74, 6) is 0.893. The van der Waals surface area contributed by atoms with Gasteiger partial charge in [-0.15, -0.1) is 0 Å². The molecule has 0 unspecified atom stereocenters. The first-order valence-corrected chi connectivity index (χ1v) is 9.14. The standard InChI is InChI=1S/C22H18Cl2O2/c1-26-19-13-9-17(10-14-19)21(16-7-11-18(25)12-8-16)20(22(21,23)24)15-5-3-2-4-6-15/h2-14,20,25H,1H3/t20-,21+/m1/s1. The number of hydrogen-bond donors (Lipinski definition) is 1. The summed E-state index contributed by atoms with van der Waals surface area (Å²) in [4.78, 5) is 0. The molecule has 1 aliphatic rings. The van der Waals surface area contributed by atoms with Crippen molar-refractivity contribution < 1.29 is 9.84 Å². The van der Waals surface area contributed by atoms with Crippen molar-refractivity contribution in [3.8, 4) is 11.5 Å². The molecule has 3 aromatic rings. The molecule has 1 saturated carbocycles. The van der Waals surface area contributed by atoms with Crippen molar-refractivity contribution in [1.82, 2.24) is 0 Å². The molecule has 4 rings (SSSR count). The number of phenolic OH excluding ortho intramolecular Hbond substituents is 1. The maximum absolute atomic E-state index is 9.71. The summed E-state index contributed by atoms with van der Waals surface area (Å²) in [6.07, 6.45) is 0. The summed E-state index contributed by atoms with van der Waals surface area (Å²) in [7, 11) is 1.64. The van der Waals surface area contributed by atoms with Gasteiger partial charge in [0.05, 0.1) is 12.5 Å². The van der Waals surface area contributed by atoms with Crippen LogP contribution >= 0.6 is 23.2 Å². The van der Waals surface area contributed by atoms with E-state index in [2.05, 4.69) is 12.1 Å². The monoisotopic (exact) mass is 384 g/mol. The van der Waals surface area contributed by atoms with Crippen LogP contribution in [0.5, 0.6) is 11.5 Å². The molecule has 0 heterocycles. The molecule has 0 amide bonds. The maximum atomic E-state index is 9.71. The molecule has 0 saturated heterocycles. The molecule has 132 valence electrons. The third-order valence-corrected chi connectivity index (χ3v) is 6.27. The molecule has 2 atom stereocenters. The summed E-state index contributed by atoms with van der Waals surface area (Å²) in [5.41, 5.74) is 2.47. The van der Waals surface area contributed by atoms with Gasteiger partial charge in [-0.3, -0.25) is 0 Å². The zero-order chi connectivity index (χ0) is 18.4. The van der Waals surface area contributed by atoms with Crippen molar-refractivity contribution in [3.63, 3.8) is 0 Å². The number of methoxy groups -OCH3 is 1. The quantitative estimate of drug-likeness (QED) is 0.588. The molecule has 2 nitrogen and oxygen atoms in total. The van der Waals surface area contributed by atoms with Gasteiger partial charge in [-0.25, -0.2) is 0 Å². The van der Waals surface area contributed by atoms with Crippen molar-refractivity contribution in [2.24, 2.45) is 0 Å². The number of phenols is 1. The van der Waals surface area contributed by atoms with Crippen LogP contribution in [-0.4, -0.2) is 16.5 Å². The lowest BCUT2D eigenvalue weighted by Gasteiger charge is -2.21. The van der Waals surface area contributed by atoms with E-state index in [1.54, 1.807) is 19.2 Å². The second-order valence-corrected chi connectivity index (χ2v) is 7.94. The number of rotatable bonds is 4. The van der Waals surface area contributed by atoms with E-state index in [0.717, 1.165) is 22.4 Å². The third-order valence-electron chi connectivity index (χ3n) is 5.24. The lowest BCUT2D eigenvalue weighted by atomic mass is 9.84. The minimum Gasteiger partial charge on any atom is -0.508 e. The summed E-state index contributed by atoms with van der Waals surface area (Å²) in [5, 5.41) is 9.71. The molecule has 4 heteroatoms. The Labute approximate surface area is 163 Å². The predicted molar refractivity (Wildman–Crippen MR) is 106 cm³/mol. The van der Waals surface area contributed by atoms with Crippen LogP contribution in [-0.2, 0) is 5.41 Å². The second-order valence-electron chi connectivity index (χ2n) is 6.55. The van der Waals surface area contributed by atoms with Gasteiger partial charge in [0.15, 0.2) is 0 Å². The van der Waals surface area contributed by atoms with Crippen LogP contribution in [0.4, 0.5) is 0 Å². The summed E-state index contributed by atoms with van der Waals surface area (Å²) in [6, 6.07) is 25.0. The highest BCUT2D eigenvalue weighted by Gasteiger charge is 2.77. The van der Waals surface area contributed by atoms with E-state index < -0.39 is 9.75 Å². The van der Waals surface area contributed by atoms with Crippen molar-refractivity contribution in [3.05, 3.63) is 95.6 Å². The summed E-state index contributed by atoms with van der Waals surface area (Å²) < 4.78 is 4.29. The van der Waals surface area contributed by atoms with Crippen LogP contribution < -0.4 is 4.74 Å². The summed E-state index contributed by atoms with van der Waals surface area (Å²) in [6.45, 7) is 0. The Morgan fingerprint density at radius 2 is 1.35 bits per heavy atom. The van der Waals surface area contributed by atoms with Gasteiger partial charge in [0.2, 0.25) is 0 Å². The largest absolute Gasteiger partial charge is 0.508 e. The van der Waals surface area contributed by atoms with Crippen LogP contribution in [0.2, 0.25) is 0 Å². The molecule has 0 spiro atoms. The number of benzene rings is 3. The molecule has 3 aromatic carbocycles. The normalized spacial score (nSPS) is 23.4. The molecule has 1 N–H and O–H groups in total. The number of aromatic hydroxyl groups is 1. The minimum atomic E-state index is -1.00. The zero-order valence-corrected chi connectivity index (χ0v) is 15.7. The molecule has 0 aromatic heterocycles. The molecular formula is C22H18Cl2O2. The van der Waals surface area contributed by atoms with Crippen molar-refractivity contribution in [2.75, 3.05) is 7.11 Å². The van der Waals surface area contributed by atoms with Gasteiger partial charge in [-0.2, -0.15) is 0 Å². The van der Waals surface area contributed by atoms with Crippen LogP contribution in [0.15, 0.2) is 78.9 Å². The molecule has 26 heavy (non-hydrogen) atoms. The molecule has 0 bridgehead atoms. The summed E-state index contributed by atoms with van der Waals surface area (Å²) >= 11 is 13.8. The Kier molecular flexibility index (Phi) is 4.13. The molecular weight excluding hydrogens is 367 g/mol. The molecule has 0 radical (unpaired) electrons. The average molecular weight is 385 g/mol. The lowest BCUT2D eigenvalue weighted by Crippen LogP contribution is -2.17. The Bertz CT molecular complexity index is 905. The Morgan fingerprint density at radius 3 is 1.88 bits per heavy atom. The van der Waals surface area contributed by atoms with Crippen molar-refractivity contribution >= 4 is 23.2 Å². The van der Waals surface area contributed by atoms with Gasteiger partial charge in [0, 0.05) is 5.92 Å². The van der Waals surface area contributed by atoms with Gasteiger partial charge in [0.25, 0.3) is 0 Å². The third kappa shape index (κ3) is 2.40. The highest BCUT2D eigenvalue weighted by Crippen LogP contribution is 2.77. The Hall–Kier alpha value is -2.16. The molecule has 0 aliphatic heterocycles. The smallest absolute Gasteiger partial charge is 0.140 e. The molecule has 1 fully saturated rings. The average Bonchev–Trinajstić information content (AvgIpc) is 3.20. The number of ether oxygens (including phenoxy) is 1. The predicted octanol–water partition coefficient (Wildman–Crippen LogP) is 5.66. The van der Waals surface area contributed by atoms with E-state index in [0.29, 0.717) is 0 Å². The fourth-order valence-electron chi connectivity index (χ4n) is 3.97. The highest BCUT2D eigenvalue weighted by molar-refractivity contribution is 6.53. The highest BCUT2D eigenvalue weighted by atomic mass is 35.5. The van der Waals surface area contributed by atoms with E-state index in [-0.39, 0.29) is 11.7 Å². The van der Waals surface area contributed by atoms with Gasteiger partial charge in [0.1, 0.15) is 15.8 Å². The Balaban J connectivity index is 1.92. The number of hydrogen-bond acceptors (Lipinski definition) is 2. The van der Waals surface area contributed by atoms with Gasteiger partial charge in [-0.1, -0.05) is 77.8 Å². The first-order chi connectivity index (χ1) is 12.5. The van der Waals surface area contributed by atoms with E-state index in [9.17, 15) is 5.11 Å². The van der Waals surface area contributed by atoms with Crippen LogP contribution in [0.3, 0.4) is 0 Å². The number of alkyl halides is 2. The SMILES string of the molecule is COc1ccc([C@@]2(c3ccc(O)cc3)[C@@H](c3ccccc3)C2(Cl)Cl)cc1. The Morgan fingerprint density at radius 1 is 0.808 bits per heavy atom. The first kappa shape index (κ1) is 17.3. The van der Waals surface area contributed by atoms with Gasteiger partial charge >= 0.3 is 0 Å². The van der Waals surface area contributed by atoms with E-state index in [1.165, 1.54) is 0 Å². The van der Waals surface area contributed by atoms with Gasteiger partial charge in [-0.05, 0) is 41.0 Å². The van der Waals surface area contributed by atoms with Crippen LogP contribution in [0, 0.1) is 0 Å². The first-order valence-electron chi connectivity index (χ1n) is 8.38. The lowest BCUT2D eigenvalue weighted by molar-refractivity contribution is 0.414. The topological polar surface area (TPSA) is 29.5 Å². The zero-order valence-electron chi connectivity index (χ0n) is 14.2. The van der Waals surface area contributed by atoms with E-state index in [4.69, 9.17) is 27.9 Å². The number of halogens is 2. The second kappa shape index (κ2) is 6.22. The van der Waals surface area contributed by atoms with Crippen molar-refractivity contribution in [2.45, 2.75) is 15.7 Å². The molecule has 1 aliphatic carbocycles. The minimum absolute atomic E-state index is 0.0996. The van der Waals surface area contributed by atoms with E-state index >= 15 is 0 Å². The van der Waals surface area contributed by atoms with Crippen molar-refractivity contribution in [1.29, 1.82) is 0 Å². The fourth-order valence-corrected chi connectivity index (χ4v) is 5.10. The van der Waals surface area contributed by atoms with E-state index in [1.807, 2.05) is 54.6 Å². The van der Waals surface area contributed by atoms with Crippen LogP contribution in [0.1, 0.15) is 22.6 Å².